The lowest BCUT2D eigenvalue weighted by atomic mass is 10.00. The maximum Gasteiger partial charge on any atom is 0.352 e. The lowest BCUT2D eigenvalue weighted by Gasteiger charge is -2.04. The van der Waals surface area contributed by atoms with Crippen LogP contribution in [-0.2, 0) is 0 Å². The molecule has 6 aromatic carbocycles. The first-order chi connectivity index (χ1) is 30.7. The largest absolute Gasteiger partial charge is 0.497 e. The number of H-pyrrole nitrogens is 3. The summed E-state index contributed by atoms with van der Waals surface area (Å²) in [6.45, 7) is 5.79. The SMILES string of the molecule is COc1ccc(-c2c(C(=O)O)[nH]c3c(C)cccc23)cc1.Cc1cccc2c(-c3ccc(C#N)cc3)c(C(=O)O)[nH]c12.Cc1cccc2c(-c3ccc([N+](=O)[O-])cc3)c(C(=O)O)[nH]c12. The molecule has 9 rings (SSSR count). The van der Waals surface area contributed by atoms with E-state index in [1.165, 1.54) is 12.1 Å². The van der Waals surface area contributed by atoms with E-state index < -0.39 is 22.8 Å². The van der Waals surface area contributed by atoms with Gasteiger partial charge in [-0.2, -0.15) is 5.26 Å². The van der Waals surface area contributed by atoms with E-state index >= 15 is 0 Å². The Labute approximate surface area is 364 Å². The lowest BCUT2D eigenvalue weighted by Crippen LogP contribution is -1.98. The predicted molar refractivity (Wildman–Crippen MR) is 244 cm³/mol. The third-order valence-electron chi connectivity index (χ3n) is 10.8. The summed E-state index contributed by atoms with van der Waals surface area (Å²) in [4.78, 5) is 53.8. The van der Waals surface area contributed by atoms with Gasteiger partial charge < -0.3 is 35.0 Å². The highest BCUT2D eigenvalue weighted by atomic mass is 16.6. The van der Waals surface area contributed by atoms with E-state index in [0.29, 0.717) is 27.8 Å². The van der Waals surface area contributed by atoms with Gasteiger partial charge in [0.25, 0.3) is 5.69 Å². The van der Waals surface area contributed by atoms with Crippen molar-refractivity contribution < 1.29 is 39.4 Å². The van der Waals surface area contributed by atoms with Crippen molar-refractivity contribution in [3.63, 3.8) is 0 Å². The summed E-state index contributed by atoms with van der Waals surface area (Å²) in [7, 11) is 1.60. The Balaban J connectivity index is 0.000000144. The smallest absolute Gasteiger partial charge is 0.352 e. The predicted octanol–water partition coefficient (Wildman–Crippen LogP) is 11.3. The number of nitrogens with zero attached hydrogens (tertiary/aromatic N) is 2. The number of nitriles is 1. The second-order valence-electron chi connectivity index (χ2n) is 14.8. The van der Waals surface area contributed by atoms with E-state index in [0.717, 1.165) is 66.3 Å². The van der Waals surface area contributed by atoms with Crippen molar-refractivity contribution in [2.24, 2.45) is 0 Å². The summed E-state index contributed by atoms with van der Waals surface area (Å²) >= 11 is 0. The van der Waals surface area contributed by atoms with Crippen LogP contribution in [-0.4, -0.2) is 60.2 Å². The summed E-state index contributed by atoms with van der Waals surface area (Å²) in [5.74, 6) is -2.28. The second kappa shape index (κ2) is 17.9. The van der Waals surface area contributed by atoms with Crippen LogP contribution in [0.3, 0.4) is 0 Å². The van der Waals surface area contributed by atoms with Crippen LogP contribution < -0.4 is 4.74 Å². The van der Waals surface area contributed by atoms with Crippen LogP contribution in [0.15, 0.2) is 127 Å². The van der Waals surface area contributed by atoms with Gasteiger partial charge in [-0.15, -0.1) is 0 Å². The number of ether oxygens (including phenoxy) is 1. The first-order valence-electron chi connectivity index (χ1n) is 19.7. The molecule has 318 valence electrons. The fraction of sp³-hybridized carbons (Fsp3) is 0.0800. The second-order valence-corrected chi connectivity index (χ2v) is 14.8. The zero-order chi connectivity index (χ0) is 45.8. The molecule has 0 spiro atoms. The number of carboxylic acids is 3. The van der Waals surface area contributed by atoms with Crippen molar-refractivity contribution >= 4 is 56.3 Å². The molecular formula is C50H39N5O9. The highest BCUT2D eigenvalue weighted by Crippen LogP contribution is 2.37. The number of hydrogen-bond donors (Lipinski definition) is 6. The molecule has 0 saturated carbocycles. The maximum absolute atomic E-state index is 11.5. The van der Waals surface area contributed by atoms with Crippen molar-refractivity contribution in [3.8, 4) is 45.2 Å². The van der Waals surface area contributed by atoms with Gasteiger partial charge in [0.2, 0.25) is 0 Å². The van der Waals surface area contributed by atoms with Crippen LogP contribution >= 0.6 is 0 Å². The highest BCUT2D eigenvalue weighted by Gasteiger charge is 2.22. The number of rotatable bonds is 8. The maximum atomic E-state index is 11.5. The van der Waals surface area contributed by atoms with Crippen molar-refractivity contribution in [1.82, 2.24) is 15.0 Å². The quantitative estimate of drug-likeness (QED) is 0.0624. The molecule has 14 heteroatoms. The van der Waals surface area contributed by atoms with Crippen molar-refractivity contribution in [2.45, 2.75) is 20.8 Å². The van der Waals surface area contributed by atoms with Crippen LogP contribution in [0.1, 0.15) is 53.7 Å². The van der Waals surface area contributed by atoms with Crippen molar-refractivity contribution in [1.29, 1.82) is 5.26 Å². The van der Waals surface area contributed by atoms with Gasteiger partial charge >= 0.3 is 17.9 Å². The average Bonchev–Trinajstić information content (AvgIpc) is 4.01. The molecule has 0 fully saturated rings. The number of hydrogen-bond acceptors (Lipinski definition) is 7. The van der Waals surface area contributed by atoms with Crippen LogP contribution in [0, 0.1) is 42.2 Å². The summed E-state index contributed by atoms with van der Waals surface area (Å²) in [6, 6.07) is 39.4. The minimum absolute atomic E-state index is 0.0309. The van der Waals surface area contributed by atoms with E-state index in [4.69, 9.17) is 10.00 Å². The minimum Gasteiger partial charge on any atom is -0.497 e. The Bertz CT molecular complexity index is 3300. The van der Waals surface area contributed by atoms with Gasteiger partial charge in [0, 0.05) is 61.5 Å². The lowest BCUT2D eigenvalue weighted by molar-refractivity contribution is -0.384. The van der Waals surface area contributed by atoms with Crippen LogP contribution in [0.2, 0.25) is 0 Å². The molecule has 3 aromatic heterocycles. The number of aromatic carboxylic acids is 3. The molecule has 0 amide bonds. The monoisotopic (exact) mass is 853 g/mol. The van der Waals surface area contributed by atoms with E-state index in [-0.39, 0.29) is 22.8 Å². The number of aromatic nitrogens is 3. The van der Waals surface area contributed by atoms with E-state index in [9.17, 15) is 39.8 Å². The number of methoxy groups -OCH3 is 1. The first kappa shape index (κ1) is 43.1. The summed E-state index contributed by atoms with van der Waals surface area (Å²) in [5.41, 5.74) is 10.6. The molecule has 0 radical (unpaired) electrons. The average molecular weight is 854 g/mol. The number of aryl methyl sites for hydroxylation is 3. The topological polar surface area (TPSA) is 235 Å². The van der Waals surface area contributed by atoms with Gasteiger partial charge in [-0.3, -0.25) is 10.1 Å². The van der Waals surface area contributed by atoms with Crippen LogP contribution in [0.25, 0.3) is 66.1 Å². The Morgan fingerprint density at radius 2 is 0.875 bits per heavy atom. The Hall–Kier alpha value is -8.96. The molecule has 0 aliphatic carbocycles. The first-order valence-corrected chi connectivity index (χ1v) is 19.7. The number of nitrogens with one attached hydrogen (secondary N) is 3. The molecule has 0 bridgehead atoms. The zero-order valence-corrected chi connectivity index (χ0v) is 34.8. The zero-order valence-electron chi connectivity index (χ0n) is 34.8. The van der Waals surface area contributed by atoms with Gasteiger partial charge in [0.05, 0.1) is 23.7 Å². The number of aromatic amines is 3. The number of carbonyl (C=O) groups is 3. The number of benzene rings is 6. The van der Waals surface area contributed by atoms with Crippen molar-refractivity contribution in [2.75, 3.05) is 7.11 Å². The van der Waals surface area contributed by atoms with Crippen LogP contribution in [0.4, 0.5) is 5.69 Å². The standard InChI is InChI=1S/C17H12N2O2.C17H15NO3.C16H12N2O4/c1-10-3-2-4-13-14(16(17(20)21)19-15(10)13)12-7-5-11(9-18)6-8-12;1-10-4-3-5-13-14(16(17(19)20)18-15(10)13)11-6-8-12(21-2)9-7-11;1-9-3-2-4-12-13(15(16(19)20)17-14(9)12)10-5-7-11(8-6-10)18(21)22/h2-8,19H,1H3,(H,20,21);3-9,18H,1-2H3,(H,19,20);2-8,17H,1H3,(H,19,20). The summed E-state index contributed by atoms with van der Waals surface area (Å²) < 4.78 is 5.15. The molecule has 3 heterocycles. The van der Waals surface area contributed by atoms with Gasteiger partial charge in [-0.05, 0) is 90.6 Å². The van der Waals surface area contributed by atoms with Gasteiger partial charge in [-0.1, -0.05) is 78.9 Å². The molecule has 9 aromatic rings. The fourth-order valence-electron chi connectivity index (χ4n) is 7.69. The molecule has 0 saturated heterocycles. The van der Waals surface area contributed by atoms with E-state index in [1.807, 2.05) is 99.6 Å². The van der Waals surface area contributed by atoms with E-state index in [1.54, 1.807) is 43.5 Å². The number of fused-ring (bicyclic) bond motifs is 3. The third-order valence-corrected chi connectivity index (χ3v) is 10.8. The number of para-hydroxylation sites is 3. The van der Waals surface area contributed by atoms with E-state index in [2.05, 4.69) is 21.0 Å². The molecule has 14 nitrogen and oxygen atoms in total. The highest BCUT2D eigenvalue weighted by molar-refractivity contribution is 6.10. The minimum atomic E-state index is -1.07. The van der Waals surface area contributed by atoms with Gasteiger partial charge in [0.15, 0.2) is 0 Å². The Morgan fingerprint density at radius 1 is 0.547 bits per heavy atom. The van der Waals surface area contributed by atoms with Crippen LogP contribution in [0.5, 0.6) is 5.75 Å². The third kappa shape index (κ3) is 8.37. The molecule has 6 N–H and O–H groups in total. The molecule has 0 atom stereocenters. The van der Waals surface area contributed by atoms with Gasteiger partial charge in [0.1, 0.15) is 22.8 Å². The Morgan fingerprint density at radius 3 is 1.17 bits per heavy atom. The number of non-ortho nitro benzene ring substituents is 1. The molecule has 0 unspecified atom stereocenters. The Kier molecular flexibility index (Phi) is 12.1. The van der Waals surface area contributed by atoms with Gasteiger partial charge in [-0.25, -0.2) is 14.4 Å². The molecule has 0 aliphatic heterocycles. The van der Waals surface area contributed by atoms with Crippen molar-refractivity contribution in [3.05, 3.63) is 177 Å². The summed E-state index contributed by atoms with van der Waals surface area (Å²) in [5, 5.41) is 50.5. The fourth-order valence-corrected chi connectivity index (χ4v) is 7.69. The molecule has 0 aliphatic rings. The molecule has 64 heavy (non-hydrogen) atoms. The summed E-state index contributed by atoms with van der Waals surface area (Å²) in [6.07, 6.45) is 0. The number of carboxylic acid groups (broad SMARTS) is 3. The number of nitro groups is 1. The normalized spacial score (nSPS) is 10.7. The number of nitro benzene ring substituents is 1. The molecular weight excluding hydrogens is 815 g/mol.